The molecule has 15 heavy (non-hydrogen) atoms. The number of hydrogen-bond donors (Lipinski definition) is 1. The van der Waals surface area contributed by atoms with Gasteiger partial charge in [-0.05, 0) is 29.6 Å². The third-order valence-corrected chi connectivity index (χ3v) is 3.10. The second-order valence-corrected chi connectivity index (χ2v) is 4.78. The van der Waals surface area contributed by atoms with Crippen LogP contribution in [0.15, 0.2) is 0 Å². The van der Waals surface area contributed by atoms with Gasteiger partial charge in [-0.15, -0.1) is 5.10 Å². The van der Waals surface area contributed by atoms with Crippen LogP contribution in [-0.4, -0.2) is 38.3 Å². The monoisotopic (exact) mass is 229 g/mol. The molecule has 1 rings (SSSR count). The Morgan fingerprint density at radius 3 is 3.00 bits per heavy atom. The molecule has 1 aromatic heterocycles. The van der Waals surface area contributed by atoms with Crippen LogP contribution in [0.1, 0.15) is 26.1 Å². The fourth-order valence-electron chi connectivity index (χ4n) is 1.19. The first-order valence-electron chi connectivity index (χ1n) is 5.26. The second kappa shape index (κ2) is 6.79. The number of nitrogens with one attached hydrogen (secondary N) is 1. The zero-order chi connectivity index (χ0) is 11.1. The van der Waals surface area contributed by atoms with Crippen molar-refractivity contribution < 1.29 is 0 Å². The summed E-state index contributed by atoms with van der Waals surface area (Å²) in [5, 5.41) is 15.5. The van der Waals surface area contributed by atoms with E-state index in [-0.39, 0.29) is 0 Å². The van der Waals surface area contributed by atoms with Crippen molar-refractivity contribution in [1.82, 2.24) is 25.5 Å². The summed E-state index contributed by atoms with van der Waals surface area (Å²) in [6, 6.07) is 0. The van der Waals surface area contributed by atoms with Crippen LogP contribution in [0.4, 0.5) is 0 Å². The first kappa shape index (κ1) is 12.4. The maximum atomic E-state index is 4.01. The summed E-state index contributed by atoms with van der Waals surface area (Å²) in [5.74, 6) is 0.921. The van der Waals surface area contributed by atoms with Crippen molar-refractivity contribution in [1.29, 1.82) is 0 Å². The number of hydrogen-bond acceptors (Lipinski definition) is 5. The molecule has 1 unspecified atom stereocenters. The van der Waals surface area contributed by atoms with Gasteiger partial charge in [0.05, 0.1) is 13.1 Å². The average Bonchev–Trinajstić information content (AvgIpc) is 2.66. The Balaban J connectivity index is 2.45. The van der Waals surface area contributed by atoms with Gasteiger partial charge in [0.15, 0.2) is 5.82 Å². The van der Waals surface area contributed by atoms with Gasteiger partial charge < -0.3 is 5.32 Å². The summed E-state index contributed by atoms with van der Waals surface area (Å²) < 4.78 is 1.88. The highest BCUT2D eigenvalue weighted by atomic mass is 32.2. The maximum absolute atomic E-state index is 4.01. The van der Waals surface area contributed by atoms with E-state index < -0.39 is 0 Å². The number of nitrogens with zero attached hydrogens (tertiary/aromatic N) is 4. The number of aromatic nitrogens is 4. The summed E-state index contributed by atoms with van der Waals surface area (Å²) in [5.41, 5.74) is 0. The molecular formula is C9H19N5S. The van der Waals surface area contributed by atoms with Gasteiger partial charge in [0.1, 0.15) is 0 Å². The highest BCUT2D eigenvalue weighted by Crippen LogP contribution is 2.07. The van der Waals surface area contributed by atoms with Crippen LogP contribution < -0.4 is 5.32 Å². The molecule has 0 saturated carbocycles. The van der Waals surface area contributed by atoms with Gasteiger partial charge >= 0.3 is 0 Å². The largest absolute Gasteiger partial charge is 0.310 e. The van der Waals surface area contributed by atoms with E-state index in [1.165, 1.54) is 0 Å². The van der Waals surface area contributed by atoms with E-state index in [4.69, 9.17) is 0 Å². The lowest BCUT2D eigenvalue weighted by atomic mass is 10.4. The van der Waals surface area contributed by atoms with Gasteiger partial charge in [0, 0.05) is 5.25 Å². The highest BCUT2D eigenvalue weighted by molar-refractivity contribution is 7.99. The lowest BCUT2D eigenvalue weighted by Gasteiger charge is -2.09. The van der Waals surface area contributed by atoms with Crippen molar-refractivity contribution in [3.63, 3.8) is 0 Å². The molecule has 1 N–H and O–H groups in total. The molecule has 0 aliphatic heterocycles. The number of tetrazole rings is 1. The minimum absolute atomic E-state index is 0.540. The number of rotatable bonds is 7. The smallest absolute Gasteiger partial charge is 0.165 e. The Bertz CT molecular complexity index is 275. The molecule has 0 saturated heterocycles. The molecule has 1 atom stereocenters. The van der Waals surface area contributed by atoms with Gasteiger partial charge in [-0.3, -0.25) is 0 Å². The molecule has 0 radical (unpaired) electrons. The van der Waals surface area contributed by atoms with E-state index in [0.29, 0.717) is 5.25 Å². The quantitative estimate of drug-likeness (QED) is 0.705. The fraction of sp³-hybridized carbons (Fsp3) is 0.889. The van der Waals surface area contributed by atoms with E-state index in [0.717, 1.165) is 31.9 Å². The van der Waals surface area contributed by atoms with E-state index in [1.54, 1.807) is 0 Å². The van der Waals surface area contributed by atoms with Crippen molar-refractivity contribution in [2.24, 2.45) is 0 Å². The SMILES string of the molecule is CCCNCc1nnnn1CC(C)SC. The van der Waals surface area contributed by atoms with Crippen LogP contribution >= 0.6 is 11.8 Å². The predicted octanol–water partition coefficient (Wildman–Crippen LogP) is 0.924. The molecule has 0 aliphatic carbocycles. The van der Waals surface area contributed by atoms with Crippen molar-refractivity contribution >= 4 is 11.8 Å². The van der Waals surface area contributed by atoms with Gasteiger partial charge in [0.2, 0.25) is 0 Å². The molecule has 0 aromatic carbocycles. The predicted molar refractivity (Wildman–Crippen MR) is 62.8 cm³/mol. The van der Waals surface area contributed by atoms with Crippen LogP contribution in [-0.2, 0) is 13.1 Å². The summed E-state index contributed by atoms with van der Waals surface area (Å²) in [6.07, 6.45) is 3.23. The summed E-state index contributed by atoms with van der Waals surface area (Å²) in [6.45, 7) is 6.95. The minimum atomic E-state index is 0.540. The third kappa shape index (κ3) is 4.17. The highest BCUT2D eigenvalue weighted by Gasteiger charge is 2.08. The molecule has 5 nitrogen and oxygen atoms in total. The normalized spacial score (nSPS) is 13.0. The molecule has 0 spiro atoms. The molecule has 86 valence electrons. The average molecular weight is 229 g/mol. The van der Waals surface area contributed by atoms with E-state index in [1.807, 2.05) is 16.4 Å². The number of thioether (sulfide) groups is 1. The Morgan fingerprint density at radius 1 is 1.53 bits per heavy atom. The summed E-state index contributed by atoms with van der Waals surface area (Å²) >= 11 is 1.82. The maximum Gasteiger partial charge on any atom is 0.165 e. The van der Waals surface area contributed by atoms with Crippen LogP contribution in [0.5, 0.6) is 0 Å². The Kier molecular flexibility index (Phi) is 5.63. The fourth-order valence-corrected chi connectivity index (χ4v) is 1.48. The van der Waals surface area contributed by atoms with Crippen molar-refractivity contribution in [3.8, 4) is 0 Å². The molecule has 0 fully saturated rings. The van der Waals surface area contributed by atoms with Gasteiger partial charge in [0.25, 0.3) is 0 Å². The van der Waals surface area contributed by atoms with Crippen LogP contribution in [0.3, 0.4) is 0 Å². The first-order valence-corrected chi connectivity index (χ1v) is 6.55. The molecule has 0 aliphatic rings. The van der Waals surface area contributed by atoms with E-state index in [2.05, 4.69) is 40.9 Å². The third-order valence-electron chi connectivity index (χ3n) is 2.15. The molecule has 0 amide bonds. The van der Waals surface area contributed by atoms with Gasteiger partial charge in [-0.1, -0.05) is 13.8 Å². The minimum Gasteiger partial charge on any atom is -0.310 e. The zero-order valence-corrected chi connectivity index (χ0v) is 10.4. The van der Waals surface area contributed by atoms with Crippen molar-refractivity contribution in [2.45, 2.75) is 38.6 Å². The van der Waals surface area contributed by atoms with Gasteiger partial charge in [-0.25, -0.2) is 4.68 Å². The molecule has 0 bridgehead atoms. The lowest BCUT2D eigenvalue weighted by Crippen LogP contribution is -2.20. The second-order valence-electron chi connectivity index (χ2n) is 3.50. The summed E-state index contributed by atoms with van der Waals surface area (Å²) in [7, 11) is 0. The van der Waals surface area contributed by atoms with Crippen molar-refractivity contribution in [2.75, 3.05) is 12.8 Å². The zero-order valence-electron chi connectivity index (χ0n) is 9.60. The molecule has 1 heterocycles. The van der Waals surface area contributed by atoms with Crippen LogP contribution in [0, 0.1) is 0 Å². The Hall–Kier alpha value is -0.620. The van der Waals surface area contributed by atoms with Crippen molar-refractivity contribution in [3.05, 3.63) is 5.82 Å². The summed E-state index contributed by atoms with van der Waals surface area (Å²) in [4.78, 5) is 0. The van der Waals surface area contributed by atoms with Crippen LogP contribution in [0.25, 0.3) is 0 Å². The van der Waals surface area contributed by atoms with Crippen LogP contribution in [0.2, 0.25) is 0 Å². The lowest BCUT2D eigenvalue weighted by molar-refractivity contribution is 0.540. The standard InChI is InChI=1S/C9H19N5S/c1-4-5-10-6-9-11-12-13-14(9)7-8(2)15-3/h8,10H,4-7H2,1-3H3. The molecular weight excluding hydrogens is 210 g/mol. The first-order chi connectivity index (χ1) is 7.27. The Labute approximate surface area is 95.0 Å². The Morgan fingerprint density at radius 2 is 2.33 bits per heavy atom. The van der Waals surface area contributed by atoms with E-state index >= 15 is 0 Å². The van der Waals surface area contributed by atoms with Gasteiger partial charge in [-0.2, -0.15) is 11.8 Å². The molecule has 6 heteroatoms. The topological polar surface area (TPSA) is 55.6 Å². The van der Waals surface area contributed by atoms with E-state index in [9.17, 15) is 0 Å². The molecule has 1 aromatic rings.